The summed E-state index contributed by atoms with van der Waals surface area (Å²) in [4.78, 5) is 24.7. The lowest BCUT2D eigenvalue weighted by Crippen LogP contribution is -2.23. The van der Waals surface area contributed by atoms with Crippen LogP contribution in [0.1, 0.15) is 33.3 Å². The Kier molecular flexibility index (Phi) is 7.96. The van der Waals surface area contributed by atoms with Crippen LogP contribution in [0, 0.1) is 0 Å². The van der Waals surface area contributed by atoms with E-state index in [0.717, 1.165) is 0 Å². The van der Waals surface area contributed by atoms with Crippen LogP contribution in [0.15, 0.2) is 17.7 Å². The van der Waals surface area contributed by atoms with Crippen LogP contribution in [0.2, 0.25) is 0 Å². The molecule has 1 aromatic rings. The van der Waals surface area contributed by atoms with E-state index in [1.807, 2.05) is 0 Å². The molecule has 0 fully saturated rings. The highest BCUT2D eigenvalue weighted by Gasteiger charge is 2.24. The molecule has 0 amide bonds. The molecule has 0 unspecified atom stereocenters. The van der Waals surface area contributed by atoms with Gasteiger partial charge in [-0.3, -0.25) is 0 Å². The normalized spacial score (nSPS) is 10.3. The molecule has 0 bridgehead atoms. The molecular weight excluding hydrogens is 340 g/mol. The summed E-state index contributed by atoms with van der Waals surface area (Å²) in [6, 6.07) is 3.24. The summed E-state index contributed by atoms with van der Waals surface area (Å²) in [5, 5.41) is 0. The first-order valence-electron chi connectivity index (χ1n) is 8.17. The van der Waals surface area contributed by atoms with Gasteiger partial charge in [0, 0.05) is 0 Å². The van der Waals surface area contributed by atoms with Crippen molar-refractivity contribution in [3.63, 3.8) is 0 Å². The predicted molar refractivity (Wildman–Crippen MR) is 96.5 cm³/mol. The van der Waals surface area contributed by atoms with E-state index in [0.29, 0.717) is 22.8 Å². The van der Waals surface area contributed by atoms with Crippen molar-refractivity contribution >= 4 is 18.0 Å². The number of methoxy groups -OCH3 is 3. The summed E-state index contributed by atoms with van der Waals surface area (Å²) >= 11 is 0. The smallest absolute Gasteiger partial charge is 0.345 e. The van der Waals surface area contributed by atoms with Crippen LogP contribution in [0.25, 0.3) is 6.08 Å². The quantitative estimate of drug-likeness (QED) is 0.303. The van der Waals surface area contributed by atoms with E-state index in [2.05, 4.69) is 0 Å². The van der Waals surface area contributed by atoms with E-state index < -0.39 is 11.9 Å². The second-order valence-corrected chi connectivity index (χ2v) is 5.92. The first-order chi connectivity index (χ1) is 12.2. The Labute approximate surface area is 153 Å². The highest BCUT2D eigenvalue weighted by atomic mass is 16.6. The van der Waals surface area contributed by atoms with Crippen LogP contribution in [-0.2, 0) is 19.1 Å². The zero-order valence-corrected chi connectivity index (χ0v) is 16.2. The van der Waals surface area contributed by atoms with E-state index in [-0.39, 0.29) is 17.8 Å². The van der Waals surface area contributed by atoms with Gasteiger partial charge in [-0.2, -0.15) is 0 Å². The molecule has 0 saturated heterocycles. The third-order valence-corrected chi connectivity index (χ3v) is 3.12. The van der Waals surface area contributed by atoms with Crippen molar-refractivity contribution in [2.45, 2.75) is 39.9 Å². The van der Waals surface area contributed by atoms with Gasteiger partial charge in [0.25, 0.3) is 0 Å². The van der Waals surface area contributed by atoms with Crippen molar-refractivity contribution in [1.29, 1.82) is 0 Å². The third kappa shape index (κ3) is 5.68. The number of hydrogen-bond acceptors (Lipinski definition) is 7. The number of rotatable bonds is 8. The van der Waals surface area contributed by atoms with Crippen molar-refractivity contribution in [3.8, 4) is 17.2 Å². The molecule has 0 aliphatic carbocycles. The Morgan fingerprint density at radius 1 is 0.808 bits per heavy atom. The first kappa shape index (κ1) is 21.3. The largest absolute Gasteiger partial charge is 0.493 e. The molecule has 0 saturated carbocycles. The highest BCUT2D eigenvalue weighted by molar-refractivity contribution is 6.17. The van der Waals surface area contributed by atoms with E-state index in [1.165, 1.54) is 27.4 Å². The van der Waals surface area contributed by atoms with E-state index >= 15 is 0 Å². The van der Waals surface area contributed by atoms with Crippen LogP contribution >= 0.6 is 0 Å². The van der Waals surface area contributed by atoms with Gasteiger partial charge in [0.1, 0.15) is 5.57 Å². The van der Waals surface area contributed by atoms with Crippen molar-refractivity contribution in [1.82, 2.24) is 0 Å². The Balaban J connectivity index is 3.42. The SMILES string of the molecule is COc1cc(C=C(C(=O)OC(C)C)C(=O)OC(C)C)cc(OC)c1OC. The standard InChI is InChI=1S/C19H26O7/c1-11(2)25-18(20)14(19(21)26-12(3)4)8-13-9-15(22-5)17(24-7)16(10-13)23-6/h8-12H,1-7H3. The van der Waals surface area contributed by atoms with Gasteiger partial charge in [-0.1, -0.05) is 0 Å². The Hall–Kier alpha value is -2.70. The van der Waals surface area contributed by atoms with Gasteiger partial charge < -0.3 is 23.7 Å². The predicted octanol–water partition coefficient (Wildman–Crippen LogP) is 3.00. The topological polar surface area (TPSA) is 80.3 Å². The van der Waals surface area contributed by atoms with Crippen molar-refractivity contribution < 1.29 is 33.3 Å². The van der Waals surface area contributed by atoms with Crippen molar-refractivity contribution in [2.75, 3.05) is 21.3 Å². The molecule has 0 radical (unpaired) electrons. The van der Waals surface area contributed by atoms with Crippen molar-refractivity contribution in [3.05, 3.63) is 23.3 Å². The molecule has 1 aromatic carbocycles. The molecule has 0 spiro atoms. The van der Waals surface area contributed by atoms with Gasteiger partial charge in [0.05, 0.1) is 33.5 Å². The highest BCUT2D eigenvalue weighted by Crippen LogP contribution is 2.38. The minimum Gasteiger partial charge on any atom is -0.493 e. The maximum atomic E-state index is 12.3. The lowest BCUT2D eigenvalue weighted by atomic mass is 10.1. The minimum absolute atomic E-state index is 0.221. The summed E-state index contributed by atoms with van der Waals surface area (Å²) in [7, 11) is 4.44. The molecule has 0 aliphatic rings. The first-order valence-corrected chi connectivity index (χ1v) is 8.17. The maximum Gasteiger partial charge on any atom is 0.345 e. The van der Waals surface area contributed by atoms with Gasteiger partial charge >= 0.3 is 11.9 Å². The second kappa shape index (κ2) is 9.70. The number of hydrogen-bond donors (Lipinski definition) is 0. The van der Waals surface area contributed by atoms with Crippen LogP contribution in [0.3, 0.4) is 0 Å². The Morgan fingerprint density at radius 2 is 1.23 bits per heavy atom. The van der Waals surface area contributed by atoms with E-state index in [1.54, 1.807) is 39.8 Å². The average molecular weight is 366 g/mol. The average Bonchev–Trinajstić information content (AvgIpc) is 2.56. The second-order valence-electron chi connectivity index (χ2n) is 5.92. The number of esters is 2. The Bertz CT molecular complexity index is 625. The molecule has 144 valence electrons. The molecule has 1 rings (SSSR count). The van der Waals surface area contributed by atoms with Gasteiger partial charge in [-0.25, -0.2) is 9.59 Å². The van der Waals surface area contributed by atoms with Gasteiger partial charge in [0.2, 0.25) is 5.75 Å². The Morgan fingerprint density at radius 3 is 1.54 bits per heavy atom. The zero-order chi connectivity index (χ0) is 19.9. The van der Waals surface area contributed by atoms with Crippen molar-refractivity contribution in [2.24, 2.45) is 0 Å². The monoisotopic (exact) mass is 366 g/mol. The maximum absolute atomic E-state index is 12.3. The number of carbonyl (C=O) groups is 2. The number of ether oxygens (including phenoxy) is 5. The van der Waals surface area contributed by atoms with E-state index in [9.17, 15) is 9.59 Å². The zero-order valence-electron chi connectivity index (χ0n) is 16.2. The minimum atomic E-state index is -0.764. The molecule has 7 heteroatoms. The summed E-state index contributed by atoms with van der Waals surface area (Å²) in [6.07, 6.45) is 0.621. The lowest BCUT2D eigenvalue weighted by molar-refractivity contribution is -0.150. The summed E-state index contributed by atoms with van der Waals surface area (Å²) in [5.74, 6) is -0.333. The molecule has 0 heterocycles. The van der Waals surface area contributed by atoms with Crippen LogP contribution in [0.5, 0.6) is 17.2 Å². The summed E-state index contributed by atoms with van der Waals surface area (Å²) < 4.78 is 26.1. The fourth-order valence-corrected chi connectivity index (χ4v) is 2.11. The molecule has 7 nitrogen and oxygen atoms in total. The molecule has 0 aliphatic heterocycles. The number of carbonyl (C=O) groups excluding carboxylic acids is 2. The summed E-state index contributed by atoms with van der Waals surface area (Å²) in [5.41, 5.74) is 0.276. The molecule has 0 atom stereocenters. The van der Waals surface area contributed by atoms with Gasteiger partial charge in [-0.15, -0.1) is 0 Å². The lowest BCUT2D eigenvalue weighted by Gasteiger charge is -2.15. The van der Waals surface area contributed by atoms with Crippen LogP contribution in [-0.4, -0.2) is 45.5 Å². The molecule has 26 heavy (non-hydrogen) atoms. The fraction of sp³-hybridized carbons (Fsp3) is 0.474. The van der Waals surface area contributed by atoms with Gasteiger partial charge in [-0.05, 0) is 51.5 Å². The van der Waals surface area contributed by atoms with E-state index in [4.69, 9.17) is 23.7 Å². The molecule has 0 aromatic heterocycles. The summed E-state index contributed by atoms with van der Waals surface area (Å²) in [6.45, 7) is 6.79. The fourth-order valence-electron chi connectivity index (χ4n) is 2.11. The molecule has 0 N–H and O–H groups in total. The molecular formula is C19H26O7. The van der Waals surface area contributed by atoms with Gasteiger partial charge in [0.15, 0.2) is 11.5 Å². The van der Waals surface area contributed by atoms with Crippen LogP contribution < -0.4 is 14.2 Å². The number of benzene rings is 1. The third-order valence-electron chi connectivity index (χ3n) is 3.12. The van der Waals surface area contributed by atoms with Crippen LogP contribution in [0.4, 0.5) is 0 Å².